The van der Waals surface area contributed by atoms with Crippen LogP contribution in [0.4, 0.5) is 0 Å². The van der Waals surface area contributed by atoms with E-state index < -0.39 is 0 Å². The van der Waals surface area contributed by atoms with Crippen LogP contribution >= 0.6 is 0 Å². The van der Waals surface area contributed by atoms with E-state index in [0.717, 1.165) is 0 Å². The Bertz CT molecular complexity index is 578. The lowest BCUT2D eigenvalue weighted by atomic mass is 10.1. The molecule has 0 aliphatic heterocycles. The van der Waals surface area contributed by atoms with Gasteiger partial charge >= 0.3 is 0 Å². The van der Waals surface area contributed by atoms with Crippen LogP contribution in [0.2, 0.25) is 0 Å². The van der Waals surface area contributed by atoms with Crippen molar-refractivity contribution < 1.29 is 5.11 Å². The molecule has 2 aromatic heterocycles. The number of aromatic amines is 1. The van der Waals surface area contributed by atoms with E-state index in [4.69, 9.17) is 0 Å². The number of hydrogen-bond donors (Lipinski definition) is 2. The zero-order valence-electron chi connectivity index (χ0n) is 9.51. The largest absolute Gasteiger partial charge is 0.493 e. The summed E-state index contributed by atoms with van der Waals surface area (Å²) in [5, 5.41) is 9.72. The van der Waals surface area contributed by atoms with Crippen molar-refractivity contribution in [2.45, 2.75) is 19.8 Å². The minimum absolute atomic E-state index is 0.100. The van der Waals surface area contributed by atoms with Gasteiger partial charge in [-0.2, -0.15) is 4.98 Å². The van der Waals surface area contributed by atoms with Gasteiger partial charge in [0.05, 0.1) is 5.56 Å². The van der Waals surface area contributed by atoms with Crippen molar-refractivity contribution in [2.75, 3.05) is 0 Å². The predicted molar refractivity (Wildman–Crippen MR) is 61.6 cm³/mol. The molecule has 0 saturated carbocycles. The van der Waals surface area contributed by atoms with E-state index in [1.807, 2.05) is 13.8 Å². The molecule has 6 nitrogen and oxygen atoms in total. The predicted octanol–water partition coefficient (Wildman–Crippen LogP) is 1.06. The summed E-state index contributed by atoms with van der Waals surface area (Å²) in [5.41, 5.74) is -0.0976. The second kappa shape index (κ2) is 4.32. The Labute approximate surface area is 97.4 Å². The summed E-state index contributed by atoms with van der Waals surface area (Å²) in [4.78, 5) is 26.1. The summed E-state index contributed by atoms with van der Waals surface area (Å²) in [6.45, 7) is 3.62. The lowest BCUT2D eigenvalue weighted by Crippen LogP contribution is -2.16. The molecule has 0 bridgehead atoms. The Hall–Kier alpha value is -2.24. The first-order valence-corrected chi connectivity index (χ1v) is 5.20. The van der Waals surface area contributed by atoms with Crippen LogP contribution in [0.25, 0.3) is 11.6 Å². The van der Waals surface area contributed by atoms with Gasteiger partial charge in [-0.05, 0) is 12.0 Å². The molecule has 2 N–H and O–H groups in total. The maximum atomic E-state index is 11.8. The maximum Gasteiger partial charge on any atom is 0.258 e. The fraction of sp³-hybridized carbons (Fsp3) is 0.273. The standard InChI is InChI=1S/C11H12N4O2/c1-6(2)7-10(16)14-9(15-11(7)17)8-12-4-3-5-13-8/h3-6H,1-2H3,(H2,14,15,16,17). The van der Waals surface area contributed by atoms with E-state index in [-0.39, 0.29) is 34.6 Å². The fourth-order valence-electron chi connectivity index (χ4n) is 1.52. The highest BCUT2D eigenvalue weighted by Gasteiger charge is 2.15. The highest BCUT2D eigenvalue weighted by molar-refractivity contribution is 5.44. The van der Waals surface area contributed by atoms with Crippen LogP contribution in [0.3, 0.4) is 0 Å². The molecule has 0 aliphatic rings. The Kier molecular flexibility index (Phi) is 2.86. The van der Waals surface area contributed by atoms with E-state index >= 15 is 0 Å². The number of hydrogen-bond acceptors (Lipinski definition) is 5. The van der Waals surface area contributed by atoms with E-state index in [0.29, 0.717) is 0 Å². The third-order valence-electron chi connectivity index (χ3n) is 2.29. The summed E-state index contributed by atoms with van der Waals surface area (Å²) >= 11 is 0. The molecule has 2 heterocycles. The number of nitrogens with zero attached hydrogens (tertiary/aromatic N) is 3. The van der Waals surface area contributed by atoms with Gasteiger partial charge in [0.1, 0.15) is 0 Å². The van der Waals surface area contributed by atoms with E-state index in [1.165, 1.54) is 12.4 Å². The lowest BCUT2D eigenvalue weighted by Gasteiger charge is -2.07. The van der Waals surface area contributed by atoms with Crippen molar-refractivity contribution in [3.05, 3.63) is 34.4 Å². The van der Waals surface area contributed by atoms with Gasteiger partial charge in [0, 0.05) is 12.4 Å². The van der Waals surface area contributed by atoms with Crippen LogP contribution in [0.1, 0.15) is 25.3 Å². The smallest absolute Gasteiger partial charge is 0.258 e. The highest BCUT2D eigenvalue weighted by atomic mass is 16.3. The van der Waals surface area contributed by atoms with Crippen LogP contribution in [0.15, 0.2) is 23.3 Å². The third kappa shape index (κ3) is 2.15. The average Bonchev–Trinajstić information content (AvgIpc) is 2.28. The lowest BCUT2D eigenvalue weighted by molar-refractivity contribution is 0.440. The van der Waals surface area contributed by atoms with Gasteiger partial charge in [0.15, 0.2) is 11.6 Å². The zero-order valence-corrected chi connectivity index (χ0v) is 9.51. The molecular weight excluding hydrogens is 220 g/mol. The molecule has 0 unspecified atom stereocenters. The van der Waals surface area contributed by atoms with Crippen molar-refractivity contribution in [1.82, 2.24) is 19.9 Å². The summed E-state index contributed by atoms with van der Waals surface area (Å²) in [5.74, 6) is 0.0656. The molecular formula is C11H12N4O2. The topological polar surface area (TPSA) is 91.8 Å². The summed E-state index contributed by atoms with van der Waals surface area (Å²) in [6, 6.07) is 1.66. The molecule has 17 heavy (non-hydrogen) atoms. The number of H-pyrrole nitrogens is 1. The van der Waals surface area contributed by atoms with Crippen molar-refractivity contribution in [2.24, 2.45) is 0 Å². The van der Waals surface area contributed by atoms with Crippen molar-refractivity contribution in [3.8, 4) is 17.5 Å². The van der Waals surface area contributed by atoms with Gasteiger partial charge in [-0.25, -0.2) is 9.97 Å². The maximum absolute atomic E-state index is 11.8. The summed E-state index contributed by atoms with van der Waals surface area (Å²) < 4.78 is 0. The average molecular weight is 232 g/mol. The zero-order chi connectivity index (χ0) is 12.4. The van der Waals surface area contributed by atoms with E-state index in [9.17, 15) is 9.90 Å². The van der Waals surface area contributed by atoms with Crippen molar-refractivity contribution >= 4 is 0 Å². The van der Waals surface area contributed by atoms with Crippen LogP contribution in [0.5, 0.6) is 5.88 Å². The van der Waals surface area contributed by atoms with Crippen LogP contribution in [-0.2, 0) is 0 Å². The molecule has 2 aromatic rings. The van der Waals surface area contributed by atoms with Gasteiger partial charge in [-0.15, -0.1) is 0 Å². The molecule has 0 aromatic carbocycles. The minimum Gasteiger partial charge on any atom is -0.493 e. The summed E-state index contributed by atoms with van der Waals surface area (Å²) in [7, 11) is 0. The Morgan fingerprint density at radius 2 is 1.94 bits per heavy atom. The molecule has 88 valence electrons. The SMILES string of the molecule is CC(C)c1c(O)nc(-c2ncccn2)[nH]c1=O. The molecule has 0 radical (unpaired) electrons. The Morgan fingerprint density at radius 1 is 1.29 bits per heavy atom. The Morgan fingerprint density at radius 3 is 2.47 bits per heavy atom. The minimum atomic E-state index is -0.366. The number of nitrogens with one attached hydrogen (secondary N) is 1. The first-order valence-electron chi connectivity index (χ1n) is 5.20. The molecule has 0 amide bonds. The fourth-order valence-corrected chi connectivity index (χ4v) is 1.52. The number of aromatic hydroxyl groups is 1. The number of aromatic nitrogens is 4. The monoisotopic (exact) mass is 232 g/mol. The van der Waals surface area contributed by atoms with Crippen molar-refractivity contribution in [3.63, 3.8) is 0 Å². The van der Waals surface area contributed by atoms with Gasteiger partial charge < -0.3 is 10.1 Å². The third-order valence-corrected chi connectivity index (χ3v) is 2.29. The molecule has 6 heteroatoms. The van der Waals surface area contributed by atoms with Gasteiger partial charge in [-0.1, -0.05) is 13.8 Å². The molecule has 0 aliphatic carbocycles. The van der Waals surface area contributed by atoms with E-state index in [1.54, 1.807) is 6.07 Å². The normalized spacial score (nSPS) is 10.8. The van der Waals surface area contributed by atoms with Crippen molar-refractivity contribution in [1.29, 1.82) is 0 Å². The molecule has 0 fully saturated rings. The highest BCUT2D eigenvalue weighted by Crippen LogP contribution is 2.20. The molecule has 2 rings (SSSR count). The molecule has 0 saturated heterocycles. The molecule has 0 spiro atoms. The van der Waals surface area contributed by atoms with Crippen LogP contribution in [0, 0.1) is 0 Å². The quantitative estimate of drug-likeness (QED) is 0.807. The number of rotatable bonds is 2. The van der Waals surface area contributed by atoms with Crippen LogP contribution in [-0.4, -0.2) is 25.0 Å². The first kappa shape index (κ1) is 11.3. The van der Waals surface area contributed by atoms with Gasteiger partial charge in [-0.3, -0.25) is 4.79 Å². The first-order chi connectivity index (χ1) is 8.09. The Balaban J connectivity index is 2.58. The van der Waals surface area contributed by atoms with E-state index in [2.05, 4.69) is 19.9 Å². The van der Waals surface area contributed by atoms with Gasteiger partial charge in [0.25, 0.3) is 5.56 Å². The summed E-state index contributed by atoms with van der Waals surface area (Å²) in [6.07, 6.45) is 3.07. The second-order valence-corrected chi connectivity index (χ2v) is 3.88. The van der Waals surface area contributed by atoms with Gasteiger partial charge in [0.2, 0.25) is 5.88 Å². The van der Waals surface area contributed by atoms with Crippen LogP contribution < -0.4 is 5.56 Å². The second-order valence-electron chi connectivity index (χ2n) is 3.88. The molecule has 0 atom stereocenters.